The molecule has 1 aliphatic heterocycles. The average molecular weight is 409 g/mol. The molecule has 0 aliphatic carbocycles. The fourth-order valence-electron chi connectivity index (χ4n) is 3.52. The average Bonchev–Trinajstić information content (AvgIpc) is 3.36. The van der Waals surface area contributed by atoms with Gasteiger partial charge in [0.15, 0.2) is 5.69 Å². The first-order valence-electron chi connectivity index (χ1n) is 9.12. The molecule has 0 saturated heterocycles. The van der Waals surface area contributed by atoms with E-state index < -0.39 is 11.8 Å². The van der Waals surface area contributed by atoms with Gasteiger partial charge in [0, 0.05) is 30.4 Å². The smallest absolute Gasteiger partial charge is 0.322 e. The molecule has 152 valence electrons. The van der Waals surface area contributed by atoms with Gasteiger partial charge in [0.05, 0.1) is 19.9 Å². The first-order chi connectivity index (χ1) is 14.5. The number of benzene rings is 2. The molecule has 9 heteroatoms. The van der Waals surface area contributed by atoms with Crippen molar-refractivity contribution in [2.24, 2.45) is 0 Å². The molecule has 2 heterocycles. The van der Waals surface area contributed by atoms with E-state index >= 15 is 0 Å². The van der Waals surface area contributed by atoms with Gasteiger partial charge in [-0.1, -0.05) is 6.07 Å². The number of anilines is 1. The lowest BCUT2D eigenvalue weighted by molar-refractivity contribution is 0.246. The summed E-state index contributed by atoms with van der Waals surface area (Å²) in [6.07, 6.45) is 1.90. The number of urea groups is 1. The highest BCUT2D eigenvalue weighted by Crippen LogP contribution is 2.40. The first-order valence-corrected chi connectivity index (χ1v) is 9.12. The predicted molar refractivity (Wildman–Crippen MR) is 106 cm³/mol. The number of hydrogen-bond acceptors (Lipinski definition) is 3. The molecule has 2 N–H and O–H groups in total. The molecule has 0 bridgehead atoms. The molecule has 0 saturated carbocycles. The maximum Gasteiger partial charge on any atom is 0.322 e. The summed E-state index contributed by atoms with van der Waals surface area (Å²) in [6.45, 7) is 7.99. The number of ether oxygens (including phenoxy) is 1. The van der Waals surface area contributed by atoms with Crippen LogP contribution in [0.4, 0.5) is 25.0 Å². The molecule has 0 atom stereocenters. The van der Waals surface area contributed by atoms with Gasteiger partial charge in [0.2, 0.25) is 5.95 Å². The Bertz CT molecular complexity index is 1170. The highest BCUT2D eigenvalue weighted by Gasteiger charge is 2.27. The summed E-state index contributed by atoms with van der Waals surface area (Å²) >= 11 is 0. The van der Waals surface area contributed by atoms with Crippen molar-refractivity contribution in [1.29, 1.82) is 0 Å². The molecule has 1 aromatic heterocycles. The van der Waals surface area contributed by atoms with Crippen LogP contribution in [0.1, 0.15) is 11.1 Å². The van der Waals surface area contributed by atoms with E-state index in [1.54, 1.807) is 18.2 Å². The number of fused-ring (bicyclic) bond motifs is 1. The summed E-state index contributed by atoms with van der Waals surface area (Å²) in [5.41, 5.74) is 2.87. The van der Waals surface area contributed by atoms with Crippen molar-refractivity contribution in [3.8, 4) is 16.9 Å². The second kappa shape index (κ2) is 7.83. The van der Waals surface area contributed by atoms with Gasteiger partial charge in [-0.05, 0) is 41.3 Å². The number of nitrogens with zero attached hydrogens (tertiary/aromatic N) is 3. The van der Waals surface area contributed by atoms with Crippen LogP contribution in [-0.4, -0.2) is 29.9 Å². The highest BCUT2D eigenvalue weighted by molar-refractivity contribution is 5.96. The molecule has 3 aromatic rings. The van der Waals surface area contributed by atoms with E-state index in [1.807, 2.05) is 0 Å². The van der Waals surface area contributed by atoms with Crippen LogP contribution in [0.15, 0.2) is 36.5 Å². The molecule has 7 nitrogen and oxygen atoms in total. The van der Waals surface area contributed by atoms with Crippen molar-refractivity contribution in [3.63, 3.8) is 0 Å². The number of amides is 2. The third kappa shape index (κ3) is 3.55. The Hall–Kier alpha value is -3.93. The molecular weight excluding hydrogens is 392 g/mol. The van der Waals surface area contributed by atoms with Crippen LogP contribution in [0, 0.1) is 18.3 Å². The van der Waals surface area contributed by atoms with Crippen LogP contribution in [-0.2, 0) is 13.0 Å². The Balaban J connectivity index is 1.56. The lowest BCUT2D eigenvalue weighted by Crippen LogP contribution is -2.38. The number of aromatic amines is 1. The molecule has 0 spiro atoms. The number of nitrogens with one attached hydrogen (secondary N) is 2. The van der Waals surface area contributed by atoms with Crippen molar-refractivity contribution < 1.29 is 18.3 Å². The molecule has 1 aliphatic rings. The number of methoxy groups -OCH3 is 1. The number of carbonyl (C=O) groups excluding carboxylic acids is 1. The van der Waals surface area contributed by atoms with E-state index in [1.165, 1.54) is 30.3 Å². The van der Waals surface area contributed by atoms with Crippen LogP contribution >= 0.6 is 0 Å². The zero-order valence-electron chi connectivity index (χ0n) is 16.0. The molecule has 0 radical (unpaired) electrons. The summed E-state index contributed by atoms with van der Waals surface area (Å²) in [4.78, 5) is 17.7. The number of H-pyrrole nitrogens is 1. The lowest BCUT2D eigenvalue weighted by atomic mass is 10.0. The fourth-order valence-corrected chi connectivity index (χ4v) is 3.52. The molecule has 0 fully saturated rings. The predicted octanol–water partition coefficient (Wildman–Crippen LogP) is 4.19. The minimum atomic E-state index is -0.613. The normalized spacial score (nSPS) is 12.4. The Kier molecular flexibility index (Phi) is 5.06. The zero-order chi connectivity index (χ0) is 21.3. The van der Waals surface area contributed by atoms with Gasteiger partial charge in [0.1, 0.15) is 11.6 Å². The van der Waals surface area contributed by atoms with Crippen LogP contribution in [0.3, 0.4) is 0 Å². The fraction of sp³-hybridized carbons (Fsp3) is 0.190. The van der Waals surface area contributed by atoms with E-state index in [9.17, 15) is 13.6 Å². The number of halogens is 2. The quantitative estimate of drug-likeness (QED) is 0.635. The Labute approximate surface area is 171 Å². The summed E-state index contributed by atoms with van der Waals surface area (Å²) in [6, 6.07) is 7.17. The highest BCUT2D eigenvalue weighted by atomic mass is 19.1. The third-order valence-corrected chi connectivity index (χ3v) is 4.95. The van der Waals surface area contributed by atoms with Gasteiger partial charge >= 0.3 is 6.03 Å². The van der Waals surface area contributed by atoms with Crippen molar-refractivity contribution in [1.82, 2.24) is 15.5 Å². The summed E-state index contributed by atoms with van der Waals surface area (Å²) in [5.74, 6) is -0.699. The maximum absolute atomic E-state index is 13.9. The molecule has 30 heavy (non-hydrogen) atoms. The van der Waals surface area contributed by atoms with Gasteiger partial charge in [0.25, 0.3) is 0 Å². The van der Waals surface area contributed by atoms with Crippen LogP contribution in [0.25, 0.3) is 16.0 Å². The van der Waals surface area contributed by atoms with Crippen molar-refractivity contribution >= 4 is 17.4 Å². The van der Waals surface area contributed by atoms with E-state index in [-0.39, 0.29) is 23.8 Å². The molecular formula is C21H17F2N5O2. The first kappa shape index (κ1) is 19.4. The second-order valence-electron chi connectivity index (χ2n) is 6.77. The SMILES string of the molecule is [C-]#[N+]c1cc2c(cc1-c1cn[nH]c1F)CCN2C(=O)NCc1cc(F)cc(OC)c1. The van der Waals surface area contributed by atoms with Crippen LogP contribution < -0.4 is 15.0 Å². The molecule has 2 aromatic carbocycles. The topological polar surface area (TPSA) is 74.6 Å². The minimum Gasteiger partial charge on any atom is -0.497 e. The molecule has 4 rings (SSSR count). The van der Waals surface area contributed by atoms with Gasteiger partial charge < -0.3 is 10.1 Å². The van der Waals surface area contributed by atoms with E-state index in [0.29, 0.717) is 35.5 Å². The van der Waals surface area contributed by atoms with Crippen LogP contribution in [0.5, 0.6) is 5.75 Å². The Morgan fingerprint density at radius 2 is 2.13 bits per heavy atom. The third-order valence-electron chi connectivity index (χ3n) is 4.95. The standard InChI is InChI=1S/C21H17F2N5O2/c1-24-18-9-19-13(7-16(18)17-11-26-27-20(17)23)3-4-28(19)21(29)25-10-12-5-14(22)8-15(6-12)30-2/h5-9,11H,3-4,10H2,2H3,(H,25,29)(H,26,27). The summed E-state index contributed by atoms with van der Waals surface area (Å²) in [5, 5.41) is 8.66. The summed E-state index contributed by atoms with van der Waals surface area (Å²) in [7, 11) is 1.44. The van der Waals surface area contributed by atoms with Gasteiger partial charge in [-0.2, -0.15) is 9.49 Å². The van der Waals surface area contributed by atoms with E-state index in [4.69, 9.17) is 11.3 Å². The van der Waals surface area contributed by atoms with Crippen LogP contribution in [0.2, 0.25) is 0 Å². The Morgan fingerprint density at radius 3 is 2.83 bits per heavy atom. The maximum atomic E-state index is 13.9. The zero-order valence-corrected chi connectivity index (χ0v) is 16.0. The number of rotatable bonds is 4. The minimum absolute atomic E-state index is 0.118. The van der Waals surface area contributed by atoms with Crippen molar-refractivity contribution in [2.45, 2.75) is 13.0 Å². The molecule has 2 amide bonds. The van der Waals surface area contributed by atoms with E-state index in [0.717, 1.165) is 5.56 Å². The number of aromatic nitrogens is 2. The van der Waals surface area contributed by atoms with E-state index in [2.05, 4.69) is 20.4 Å². The largest absolute Gasteiger partial charge is 0.497 e. The number of carbonyl (C=O) groups is 1. The monoisotopic (exact) mass is 409 g/mol. The van der Waals surface area contributed by atoms with Gasteiger partial charge in [-0.15, -0.1) is 0 Å². The lowest BCUT2D eigenvalue weighted by Gasteiger charge is -2.19. The molecule has 0 unspecified atom stereocenters. The second-order valence-corrected chi connectivity index (χ2v) is 6.77. The summed E-state index contributed by atoms with van der Waals surface area (Å²) < 4.78 is 32.6. The van der Waals surface area contributed by atoms with Crippen molar-refractivity contribution in [3.05, 3.63) is 70.8 Å². The van der Waals surface area contributed by atoms with Gasteiger partial charge in [-0.3, -0.25) is 10.00 Å². The Morgan fingerprint density at radius 1 is 1.30 bits per heavy atom. The number of hydrogen-bond donors (Lipinski definition) is 2. The van der Waals surface area contributed by atoms with Crippen molar-refractivity contribution in [2.75, 3.05) is 18.6 Å². The van der Waals surface area contributed by atoms with Gasteiger partial charge in [-0.25, -0.2) is 14.0 Å².